The standard InChI is InChI=1S/C12H17F2NO/c1-7-8(2)11(16-4)6-5-10(7)12(13,14)9(3)15/h5-6,9H,15H2,1-4H3. The quantitative estimate of drug-likeness (QED) is 0.865. The van der Waals surface area contributed by atoms with E-state index in [4.69, 9.17) is 10.5 Å². The van der Waals surface area contributed by atoms with E-state index in [1.54, 1.807) is 19.9 Å². The van der Waals surface area contributed by atoms with Gasteiger partial charge in [-0.3, -0.25) is 0 Å². The highest BCUT2D eigenvalue weighted by atomic mass is 19.3. The summed E-state index contributed by atoms with van der Waals surface area (Å²) >= 11 is 0. The van der Waals surface area contributed by atoms with Gasteiger partial charge in [0.15, 0.2) is 0 Å². The molecule has 0 bridgehead atoms. The third-order valence-corrected chi connectivity index (χ3v) is 2.89. The number of hydrogen-bond acceptors (Lipinski definition) is 2. The van der Waals surface area contributed by atoms with E-state index in [0.717, 1.165) is 5.56 Å². The second kappa shape index (κ2) is 4.37. The van der Waals surface area contributed by atoms with Crippen LogP contribution in [0.5, 0.6) is 5.75 Å². The first-order valence-corrected chi connectivity index (χ1v) is 5.10. The molecule has 0 amide bonds. The number of alkyl halides is 2. The highest BCUT2D eigenvalue weighted by molar-refractivity contribution is 5.45. The maximum absolute atomic E-state index is 13.8. The lowest BCUT2D eigenvalue weighted by Gasteiger charge is -2.24. The van der Waals surface area contributed by atoms with Gasteiger partial charge in [-0.05, 0) is 44.0 Å². The molecule has 2 N–H and O–H groups in total. The topological polar surface area (TPSA) is 35.2 Å². The van der Waals surface area contributed by atoms with E-state index >= 15 is 0 Å². The lowest BCUT2D eigenvalue weighted by molar-refractivity contribution is -0.0263. The van der Waals surface area contributed by atoms with Gasteiger partial charge in [0.2, 0.25) is 0 Å². The summed E-state index contributed by atoms with van der Waals surface area (Å²) in [6, 6.07) is 1.72. The number of rotatable bonds is 3. The van der Waals surface area contributed by atoms with Gasteiger partial charge in [0.1, 0.15) is 5.75 Å². The Balaban J connectivity index is 3.33. The smallest absolute Gasteiger partial charge is 0.287 e. The van der Waals surface area contributed by atoms with Crippen molar-refractivity contribution >= 4 is 0 Å². The fourth-order valence-corrected chi connectivity index (χ4v) is 1.62. The fourth-order valence-electron chi connectivity index (χ4n) is 1.62. The van der Waals surface area contributed by atoms with E-state index in [-0.39, 0.29) is 5.56 Å². The number of ether oxygens (including phenoxy) is 1. The van der Waals surface area contributed by atoms with Crippen molar-refractivity contribution in [1.29, 1.82) is 0 Å². The molecule has 4 heteroatoms. The van der Waals surface area contributed by atoms with Crippen molar-refractivity contribution in [3.05, 3.63) is 28.8 Å². The molecule has 1 aromatic carbocycles. The van der Waals surface area contributed by atoms with E-state index in [0.29, 0.717) is 11.3 Å². The fraction of sp³-hybridized carbons (Fsp3) is 0.500. The molecule has 1 aromatic rings. The van der Waals surface area contributed by atoms with Crippen molar-refractivity contribution in [3.63, 3.8) is 0 Å². The van der Waals surface area contributed by atoms with Crippen LogP contribution in [0.15, 0.2) is 12.1 Å². The van der Waals surface area contributed by atoms with E-state index in [2.05, 4.69) is 0 Å². The van der Waals surface area contributed by atoms with E-state index in [1.165, 1.54) is 20.1 Å². The Morgan fingerprint density at radius 2 is 1.81 bits per heavy atom. The summed E-state index contributed by atoms with van der Waals surface area (Å²) in [5, 5.41) is 0. The maximum atomic E-state index is 13.8. The summed E-state index contributed by atoms with van der Waals surface area (Å²) in [7, 11) is 1.52. The van der Waals surface area contributed by atoms with Gasteiger partial charge in [-0.15, -0.1) is 0 Å². The largest absolute Gasteiger partial charge is 0.496 e. The lowest BCUT2D eigenvalue weighted by atomic mass is 9.94. The van der Waals surface area contributed by atoms with Crippen molar-refractivity contribution in [1.82, 2.24) is 0 Å². The highest BCUT2D eigenvalue weighted by Crippen LogP contribution is 2.36. The van der Waals surface area contributed by atoms with E-state index in [1.807, 2.05) is 0 Å². The Labute approximate surface area is 94.4 Å². The number of methoxy groups -OCH3 is 1. The van der Waals surface area contributed by atoms with Crippen LogP contribution in [-0.2, 0) is 5.92 Å². The SMILES string of the molecule is COc1ccc(C(F)(F)C(C)N)c(C)c1C. The van der Waals surface area contributed by atoms with Gasteiger partial charge >= 0.3 is 0 Å². The normalized spacial score (nSPS) is 13.7. The first-order chi connectivity index (χ1) is 7.32. The van der Waals surface area contributed by atoms with Crippen molar-refractivity contribution in [2.24, 2.45) is 5.73 Å². The minimum Gasteiger partial charge on any atom is -0.496 e. The zero-order valence-corrected chi connectivity index (χ0v) is 9.97. The van der Waals surface area contributed by atoms with Crippen LogP contribution in [0.2, 0.25) is 0 Å². The maximum Gasteiger partial charge on any atom is 0.287 e. The first kappa shape index (κ1) is 12.9. The molecular weight excluding hydrogens is 212 g/mol. The molecule has 0 radical (unpaired) electrons. The predicted octanol–water partition coefficient (Wildman–Crippen LogP) is 2.75. The molecule has 0 aliphatic rings. The first-order valence-electron chi connectivity index (χ1n) is 5.10. The van der Waals surface area contributed by atoms with Crippen molar-refractivity contribution in [2.75, 3.05) is 7.11 Å². The molecule has 0 saturated heterocycles. The number of halogens is 2. The summed E-state index contributed by atoms with van der Waals surface area (Å²) in [6.07, 6.45) is 0. The zero-order chi connectivity index (χ0) is 12.5. The Bertz CT molecular complexity index is 389. The average molecular weight is 229 g/mol. The lowest BCUT2D eigenvalue weighted by Crippen LogP contribution is -2.36. The molecule has 0 aromatic heterocycles. The van der Waals surface area contributed by atoms with Gasteiger partial charge in [-0.2, -0.15) is 8.78 Å². The molecule has 0 fully saturated rings. The van der Waals surface area contributed by atoms with Crippen molar-refractivity contribution < 1.29 is 13.5 Å². The molecule has 0 spiro atoms. The molecule has 2 nitrogen and oxygen atoms in total. The van der Waals surface area contributed by atoms with Crippen LogP contribution in [0.4, 0.5) is 8.78 Å². The molecule has 0 heterocycles. The molecule has 1 unspecified atom stereocenters. The monoisotopic (exact) mass is 229 g/mol. The number of benzene rings is 1. The molecule has 0 aliphatic heterocycles. The van der Waals surface area contributed by atoms with Gasteiger partial charge in [0, 0.05) is 5.56 Å². The van der Waals surface area contributed by atoms with Crippen LogP contribution in [0.1, 0.15) is 23.6 Å². The Morgan fingerprint density at radius 1 is 1.25 bits per heavy atom. The van der Waals surface area contributed by atoms with Gasteiger partial charge in [0.05, 0.1) is 13.2 Å². The van der Waals surface area contributed by atoms with Crippen molar-refractivity contribution in [2.45, 2.75) is 32.7 Å². The predicted molar refractivity (Wildman–Crippen MR) is 60.0 cm³/mol. The molecule has 90 valence electrons. The third kappa shape index (κ3) is 2.02. The van der Waals surface area contributed by atoms with Crippen LogP contribution in [0.3, 0.4) is 0 Å². The van der Waals surface area contributed by atoms with E-state index < -0.39 is 12.0 Å². The van der Waals surface area contributed by atoms with E-state index in [9.17, 15) is 8.78 Å². The summed E-state index contributed by atoms with van der Waals surface area (Å²) in [5.74, 6) is -2.40. The Kier molecular flexibility index (Phi) is 3.53. The highest BCUT2D eigenvalue weighted by Gasteiger charge is 2.38. The van der Waals surface area contributed by atoms with Gasteiger partial charge in [0.25, 0.3) is 5.92 Å². The summed E-state index contributed by atoms with van der Waals surface area (Å²) in [6.45, 7) is 4.72. The summed E-state index contributed by atoms with van der Waals surface area (Å²) in [5.41, 5.74) is 6.54. The van der Waals surface area contributed by atoms with Crippen LogP contribution in [0, 0.1) is 13.8 Å². The molecule has 1 rings (SSSR count). The summed E-state index contributed by atoms with van der Waals surface area (Å²) < 4.78 is 32.7. The summed E-state index contributed by atoms with van der Waals surface area (Å²) in [4.78, 5) is 0. The van der Waals surface area contributed by atoms with Crippen molar-refractivity contribution in [3.8, 4) is 5.75 Å². The van der Waals surface area contributed by atoms with Gasteiger partial charge in [-0.25, -0.2) is 0 Å². The van der Waals surface area contributed by atoms with Crippen LogP contribution < -0.4 is 10.5 Å². The second-order valence-corrected chi connectivity index (χ2v) is 3.98. The van der Waals surface area contributed by atoms with Crippen LogP contribution in [-0.4, -0.2) is 13.2 Å². The van der Waals surface area contributed by atoms with Crippen LogP contribution >= 0.6 is 0 Å². The molecule has 16 heavy (non-hydrogen) atoms. The second-order valence-electron chi connectivity index (χ2n) is 3.98. The molecular formula is C12H17F2NO. The van der Waals surface area contributed by atoms with Gasteiger partial charge in [-0.1, -0.05) is 0 Å². The average Bonchev–Trinajstić information content (AvgIpc) is 2.21. The minimum atomic E-state index is -3.01. The third-order valence-electron chi connectivity index (χ3n) is 2.89. The van der Waals surface area contributed by atoms with Gasteiger partial charge < -0.3 is 10.5 Å². The molecule has 0 aliphatic carbocycles. The minimum absolute atomic E-state index is 0.0270. The Hall–Kier alpha value is -1.16. The number of nitrogens with two attached hydrogens (primary N) is 1. The molecule has 1 atom stereocenters. The zero-order valence-electron chi connectivity index (χ0n) is 9.97. The molecule has 0 saturated carbocycles. The number of hydrogen-bond donors (Lipinski definition) is 1. The Morgan fingerprint density at radius 3 is 2.25 bits per heavy atom. The van der Waals surface area contributed by atoms with Crippen LogP contribution in [0.25, 0.3) is 0 Å².